The van der Waals surface area contributed by atoms with E-state index in [4.69, 9.17) is 4.98 Å². The van der Waals surface area contributed by atoms with Crippen LogP contribution in [0.25, 0.3) is 12.2 Å². The van der Waals surface area contributed by atoms with Gasteiger partial charge in [-0.25, -0.2) is 4.98 Å². The number of fused-ring (bicyclic) bond motifs is 3. The third-order valence-electron chi connectivity index (χ3n) is 4.54. The lowest BCUT2D eigenvalue weighted by Crippen LogP contribution is -2.46. The molecule has 3 aliphatic rings. The van der Waals surface area contributed by atoms with Crippen LogP contribution in [-0.2, 0) is 13.1 Å². The van der Waals surface area contributed by atoms with E-state index in [2.05, 4.69) is 37.5 Å². The number of hydrogen-bond donors (Lipinski definition) is 0. The fourth-order valence-electron chi connectivity index (χ4n) is 3.26. The van der Waals surface area contributed by atoms with E-state index in [0.29, 0.717) is 4.83 Å². The second-order valence-corrected chi connectivity index (χ2v) is 6.80. The third kappa shape index (κ3) is 1.69. The minimum Gasteiger partial charge on any atom is -0.326 e. The zero-order valence-electron chi connectivity index (χ0n) is 10.5. The first kappa shape index (κ1) is 11.2. The fourth-order valence-corrected chi connectivity index (χ4v) is 3.70. The molecule has 4 rings (SSSR count). The van der Waals surface area contributed by atoms with Gasteiger partial charge < -0.3 is 4.57 Å². The average molecular weight is 308 g/mol. The molecule has 4 heteroatoms. The van der Waals surface area contributed by atoms with Crippen molar-refractivity contribution in [3.05, 3.63) is 16.5 Å². The Morgan fingerprint density at radius 3 is 2.94 bits per heavy atom. The Kier molecular flexibility index (Phi) is 2.62. The third-order valence-corrected chi connectivity index (χ3v) is 5.17. The summed E-state index contributed by atoms with van der Waals surface area (Å²) in [4.78, 5) is 7.93. The summed E-state index contributed by atoms with van der Waals surface area (Å²) >= 11 is 3.66. The summed E-state index contributed by atoms with van der Waals surface area (Å²) in [5, 5.41) is 2.54. The number of imidazole rings is 1. The lowest BCUT2D eigenvalue weighted by atomic mass is 9.91. The molecule has 0 radical (unpaired) electrons. The maximum Gasteiger partial charge on any atom is 0.124 e. The van der Waals surface area contributed by atoms with Crippen molar-refractivity contribution >= 4 is 28.1 Å². The summed E-state index contributed by atoms with van der Waals surface area (Å²) in [5.74, 6) is 1.27. The van der Waals surface area contributed by atoms with Gasteiger partial charge in [0.2, 0.25) is 0 Å². The minimum absolute atomic E-state index is 0.463. The predicted octanol–water partition coefficient (Wildman–Crippen LogP) is 0.979. The normalized spacial score (nSPS) is 27.7. The Hall–Kier alpha value is -0.610. The van der Waals surface area contributed by atoms with Crippen LogP contribution in [0, 0.1) is 0 Å². The van der Waals surface area contributed by atoms with Gasteiger partial charge in [-0.2, -0.15) is 0 Å². The van der Waals surface area contributed by atoms with Crippen molar-refractivity contribution in [2.24, 2.45) is 0 Å². The van der Waals surface area contributed by atoms with Crippen LogP contribution in [-0.4, -0.2) is 31.9 Å². The summed E-state index contributed by atoms with van der Waals surface area (Å²) in [6, 6.07) is 0.837. The topological polar surface area (TPSA) is 21.1 Å². The monoisotopic (exact) mass is 307 g/mol. The molecule has 96 valence electrons. The molecule has 18 heavy (non-hydrogen) atoms. The molecular weight excluding hydrogens is 290 g/mol. The zero-order valence-corrected chi connectivity index (χ0v) is 12.1. The Bertz CT molecular complexity index is 585. The van der Waals surface area contributed by atoms with E-state index in [0.717, 1.165) is 25.6 Å². The summed E-state index contributed by atoms with van der Waals surface area (Å²) in [6.45, 7) is 3.36. The second-order valence-electron chi connectivity index (χ2n) is 5.63. The van der Waals surface area contributed by atoms with E-state index in [-0.39, 0.29) is 0 Å². The first-order chi connectivity index (χ1) is 8.81. The smallest absolute Gasteiger partial charge is 0.124 e. The van der Waals surface area contributed by atoms with Crippen molar-refractivity contribution < 1.29 is 0 Å². The van der Waals surface area contributed by atoms with Gasteiger partial charge in [0.1, 0.15) is 5.82 Å². The number of aromatic nitrogens is 2. The van der Waals surface area contributed by atoms with E-state index in [1.54, 1.807) is 0 Å². The quantitative estimate of drug-likeness (QED) is 0.721. The number of nitrogens with zero attached hydrogens (tertiary/aromatic N) is 3. The predicted molar refractivity (Wildman–Crippen MR) is 75.8 cm³/mol. The van der Waals surface area contributed by atoms with Gasteiger partial charge in [0.25, 0.3) is 0 Å². The summed E-state index contributed by atoms with van der Waals surface area (Å²) < 4.78 is 2.43. The van der Waals surface area contributed by atoms with Gasteiger partial charge in [0.15, 0.2) is 0 Å². The van der Waals surface area contributed by atoms with E-state index in [1.807, 2.05) is 0 Å². The molecule has 1 fully saturated rings. The Morgan fingerprint density at radius 1 is 1.28 bits per heavy atom. The van der Waals surface area contributed by atoms with Gasteiger partial charge in [-0.3, -0.25) is 4.90 Å². The molecule has 1 saturated carbocycles. The van der Waals surface area contributed by atoms with Crippen LogP contribution in [0.5, 0.6) is 0 Å². The van der Waals surface area contributed by atoms with Gasteiger partial charge >= 0.3 is 0 Å². The van der Waals surface area contributed by atoms with E-state index in [9.17, 15) is 0 Å². The van der Waals surface area contributed by atoms with Gasteiger partial charge in [-0.1, -0.05) is 28.4 Å². The first-order valence-corrected chi connectivity index (χ1v) is 7.88. The molecule has 0 N–H and O–H groups in total. The Balaban J connectivity index is 1.71. The average Bonchev–Trinajstić information content (AvgIpc) is 2.62. The standard InChI is InChI=1S/C14H18BrN3/c15-10-4-5-13-12(8-10)16-14-9-17(6-7-18(13)14)11-2-1-3-11/h5,8,10-11H,1-4,6-7,9H2. The van der Waals surface area contributed by atoms with Crippen LogP contribution in [0.4, 0.5) is 0 Å². The van der Waals surface area contributed by atoms with E-state index >= 15 is 0 Å². The minimum atomic E-state index is 0.463. The van der Waals surface area contributed by atoms with Crippen LogP contribution >= 0.6 is 15.9 Å². The van der Waals surface area contributed by atoms with Crippen molar-refractivity contribution in [1.29, 1.82) is 0 Å². The summed E-state index contributed by atoms with van der Waals surface area (Å²) in [5.41, 5.74) is 0. The van der Waals surface area contributed by atoms with Crippen molar-refractivity contribution in [1.82, 2.24) is 14.5 Å². The summed E-state index contributed by atoms with van der Waals surface area (Å²) in [6.07, 6.45) is 9.88. The van der Waals surface area contributed by atoms with Gasteiger partial charge in [-0.05, 0) is 25.3 Å². The second kappa shape index (κ2) is 4.20. The molecule has 1 atom stereocenters. The highest BCUT2D eigenvalue weighted by molar-refractivity contribution is 9.09. The van der Waals surface area contributed by atoms with Gasteiger partial charge in [-0.15, -0.1) is 0 Å². The van der Waals surface area contributed by atoms with Gasteiger partial charge in [0, 0.05) is 24.0 Å². The van der Waals surface area contributed by atoms with Crippen LogP contribution in [0.1, 0.15) is 31.5 Å². The first-order valence-electron chi connectivity index (χ1n) is 6.97. The highest BCUT2D eigenvalue weighted by Gasteiger charge is 2.29. The molecule has 0 aromatic carbocycles. The lowest BCUT2D eigenvalue weighted by molar-refractivity contribution is 0.0951. The summed E-state index contributed by atoms with van der Waals surface area (Å²) in [7, 11) is 0. The number of rotatable bonds is 1. The largest absolute Gasteiger partial charge is 0.326 e. The highest BCUT2D eigenvalue weighted by Crippen LogP contribution is 2.27. The van der Waals surface area contributed by atoms with Crippen molar-refractivity contribution in [2.75, 3.05) is 6.54 Å². The molecular formula is C14H18BrN3. The van der Waals surface area contributed by atoms with Crippen molar-refractivity contribution in [2.45, 2.75) is 49.6 Å². The number of hydrogen-bond acceptors (Lipinski definition) is 2. The fraction of sp³-hybridized carbons (Fsp3) is 0.643. The van der Waals surface area contributed by atoms with E-state index in [1.165, 1.54) is 42.3 Å². The van der Waals surface area contributed by atoms with Crippen LogP contribution in [0.15, 0.2) is 0 Å². The molecule has 0 saturated heterocycles. The van der Waals surface area contributed by atoms with Crippen LogP contribution in [0.2, 0.25) is 0 Å². The molecule has 1 aromatic heterocycles. The maximum atomic E-state index is 4.84. The molecule has 2 aliphatic carbocycles. The Morgan fingerprint density at radius 2 is 2.17 bits per heavy atom. The molecule has 2 heterocycles. The molecule has 0 bridgehead atoms. The highest BCUT2D eigenvalue weighted by atomic mass is 79.9. The van der Waals surface area contributed by atoms with Crippen molar-refractivity contribution in [3.63, 3.8) is 0 Å². The molecule has 1 aliphatic heterocycles. The van der Waals surface area contributed by atoms with E-state index < -0.39 is 0 Å². The molecule has 3 nitrogen and oxygen atoms in total. The van der Waals surface area contributed by atoms with Crippen LogP contribution in [0.3, 0.4) is 0 Å². The SMILES string of the molecule is BrC1C=c2nc3n(c2=CC1)CCN(C1CCC1)C3. The molecule has 0 amide bonds. The maximum absolute atomic E-state index is 4.84. The van der Waals surface area contributed by atoms with Crippen LogP contribution < -0.4 is 10.7 Å². The number of alkyl halides is 1. The molecule has 1 aromatic rings. The number of halogens is 1. The van der Waals surface area contributed by atoms with Crippen molar-refractivity contribution in [3.8, 4) is 0 Å². The molecule has 1 unspecified atom stereocenters. The zero-order chi connectivity index (χ0) is 12.1. The Labute approximate surface area is 115 Å². The van der Waals surface area contributed by atoms with Gasteiger partial charge in [0.05, 0.1) is 17.2 Å². The molecule has 0 spiro atoms. The lowest BCUT2D eigenvalue weighted by Gasteiger charge is -2.39.